The first-order valence-corrected chi connectivity index (χ1v) is 5.70. The summed E-state index contributed by atoms with van der Waals surface area (Å²) < 4.78 is 46.6. The number of hydrogen-bond donors (Lipinski definition) is 0. The van der Waals surface area contributed by atoms with Crippen LogP contribution in [0, 0.1) is 40.1 Å². The Morgan fingerprint density at radius 1 is 0.857 bits per heavy atom. The Morgan fingerprint density at radius 3 is 1.90 bits per heavy atom. The Hall–Kier alpha value is -2.99. The van der Waals surface area contributed by atoms with E-state index in [9.17, 15) is 13.2 Å². The normalized spacial score (nSPS) is 9.81. The summed E-state index contributed by atoms with van der Waals surface area (Å²) in [5.41, 5.74) is -2.24. The van der Waals surface area contributed by atoms with Crippen LogP contribution in [0.5, 0.6) is 5.75 Å². The zero-order chi connectivity index (χ0) is 15.6. The molecule has 0 heterocycles. The molecule has 0 saturated carbocycles. The maximum Gasteiger partial charge on any atom is 0.180 e. The molecule has 3 nitrogen and oxygen atoms in total. The first kappa shape index (κ1) is 14.4. The molecule has 0 aliphatic heterocycles. The number of nitrogens with zero attached hydrogens (tertiary/aromatic N) is 2. The van der Waals surface area contributed by atoms with E-state index in [0.29, 0.717) is 5.75 Å². The third kappa shape index (κ3) is 2.28. The summed E-state index contributed by atoms with van der Waals surface area (Å²) >= 11 is 0. The lowest BCUT2D eigenvalue weighted by Gasteiger charge is -2.10. The lowest BCUT2D eigenvalue weighted by atomic mass is 9.96. The molecule has 2 aromatic rings. The molecule has 0 radical (unpaired) electrons. The molecule has 0 fully saturated rings. The molecule has 0 amide bonds. The van der Waals surface area contributed by atoms with Gasteiger partial charge in [0.05, 0.1) is 7.11 Å². The fraction of sp³-hybridized carbons (Fsp3) is 0.0667. The SMILES string of the molecule is COc1ccc(-c2c(F)c(F)c(C#N)c(F)c2C#N)cc1. The second kappa shape index (κ2) is 5.56. The van der Waals surface area contributed by atoms with E-state index in [4.69, 9.17) is 15.3 Å². The maximum absolute atomic E-state index is 14.1. The fourth-order valence-corrected chi connectivity index (χ4v) is 1.89. The molecule has 0 aromatic heterocycles. The molecule has 0 aliphatic carbocycles. The minimum Gasteiger partial charge on any atom is -0.497 e. The Balaban J connectivity index is 2.80. The molecule has 0 bridgehead atoms. The van der Waals surface area contributed by atoms with Gasteiger partial charge in [-0.25, -0.2) is 13.2 Å². The predicted molar refractivity (Wildman–Crippen MR) is 67.7 cm³/mol. The van der Waals surface area contributed by atoms with Crippen molar-refractivity contribution in [2.45, 2.75) is 0 Å². The topological polar surface area (TPSA) is 56.8 Å². The van der Waals surface area contributed by atoms with Crippen LogP contribution in [-0.4, -0.2) is 7.11 Å². The van der Waals surface area contributed by atoms with E-state index >= 15 is 0 Å². The van der Waals surface area contributed by atoms with Gasteiger partial charge in [-0.3, -0.25) is 0 Å². The fourth-order valence-electron chi connectivity index (χ4n) is 1.89. The van der Waals surface area contributed by atoms with Gasteiger partial charge < -0.3 is 4.74 Å². The number of halogens is 3. The summed E-state index contributed by atoms with van der Waals surface area (Å²) in [5.74, 6) is -3.95. The van der Waals surface area contributed by atoms with E-state index in [1.807, 2.05) is 0 Å². The van der Waals surface area contributed by atoms with Crippen molar-refractivity contribution >= 4 is 0 Å². The summed E-state index contributed by atoms with van der Waals surface area (Å²) in [5, 5.41) is 17.6. The summed E-state index contributed by atoms with van der Waals surface area (Å²) in [6, 6.07) is 8.34. The smallest absolute Gasteiger partial charge is 0.180 e. The average Bonchev–Trinajstić information content (AvgIpc) is 2.51. The van der Waals surface area contributed by atoms with Gasteiger partial charge in [-0.1, -0.05) is 12.1 Å². The van der Waals surface area contributed by atoms with Gasteiger partial charge in [0, 0.05) is 5.56 Å². The van der Waals surface area contributed by atoms with Gasteiger partial charge in [-0.05, 0) is 17.7 Å². The molecule has 0 spiro atoms. The van der Waals surface area contributed by atoms with E-state index in [0.717, 1.165) is 0 Å². The first-order chi connectivity index (χ1) is 10.0. The lowest BCUT2D eigenvalue weighted by molar-refractivity contribution is 0.415. The van der Waals surface area contributed by atoms with E-state index < -0.39 is 34.1 Å². The van der Waals surface area contributed by atoms with Gasteiger partial charge in [-0.2, -0.15) is 10.5 Å². The molecular formula is C15H7F3N2O. The highest BCUT2D eigenvalue weighted by Gasteiger charge is 2.25. The van der Waals surface area contributed by atoms with Gasteiger partial charge in [-0.15, -0.1) is 0 Å². The van der Waals surface area contributed by atoms with Crippen LogP contribution < -0.4 is 4.74 Å². The van der Waals surface area contributed by atoms with Gasteiger partial charge in [0.1, 0.15) is 29.0 Å². The van der Waals surface area contributed by atoms with Crippen LogP contribution in [-0.2, 0) is 0 Å². The summed E-state index contributed by atoms with van der Waals surface area (Å²) in [4.78, 5) is 0. The molecule has 0 aliphatic rings. The van der Waals surface area contributed by atoms with Crippen molar-refractivity contribution in [1.82, 2.24) is 0 Å². The molecule has 6 heteroatoms. The number of nitriles is 2. The zero-order valence-electron chi connectivity index (χ0n) is 10.7. The standard InChI is InChI=1S/C15H7F3N2O/c1-21-9-4-2-8(3-5-9)12-10(6-19)13(16)11(7-20)14(17)15(12)18/h2-5H,1H3. The van der Waals surface area contributed by atoms with Gasteiger partial charge in [0.25, 0.3) is 0 Å². The van der Waals surface area contributed by atoms with Crippen LogP contribution in [0.4, 0.5) is 13.2 Å². The van der Waals surface area contributed by atoms with Gasteiger partial charge in [0.2, 0.25) is 0 Å². The van der Waals surface area contributed by atoms with Crippen LogP contribution in [0.2, 0.25) is 0 Å². The number of methoxy groups -OCH3 is 1. The van der Waals surface area contributed by atoms with Crippen molar-refractivity contribution in [2.24, 2.45) is 0 Å². The van der Waals surface area contributed by atoms with E-state index in [2.05, 4.69) is 0 Å². The van der Waals surface area contributed by atoms with E-state index in [-0.39, 0.29) is 5.56 Å². The second-order valence-corrected chi connectivity index (χ2v) is 4.02. The van der Waals surface area contributed by atoms with Crippen LogP contribution in [0.1, 0.15) is 11.1 Å². The van der Waals surface area contributed by atoms with Crippen LogP contribution in [0.15, 0.2) is 24.3 Å². The number of benzene rings is 2. The van der Waals surface area contributed by atoms with Crippen molar-refractivity contribution in [1.29, 1.82) is 10.5 Å². The third-order valence-corrected chi connectivity index (χ3v) is 2.92. The van der Waals surface area contributed by atoms with Crippen LogP contribution in [0.25, 0.3) is 11.1 Å². The van der Waals surface area contributed by atoms with Crippen molar-refractivity contribution in [3.63, 3.8) is 0 Å². The van der Waals surface area contributed by atoms with Gasteiger partial charge >= 0.3 is 0 Å². The number of hydrogen-bond acceptors (Lipinski definition) is 3. The molecule has 0 atom stereocenters. The summed E-state index contributed by atoms with van der Waals surface area (Å²) in [6.07, 6.45) is 0. The summed E-state index contributed by atoms with van der Waals surface area (Å²) in [7, 11) is 1.43. The number of ether oxygens (including phenoxy) is 1. The van der Waals surface area contributed by atoms with Crippen molar-refractivity contribution < 1.29 is 17.9 Å². The lowest BCUT2D eigenvalue weighted by Crippen LogP contribution is -2.03. The minimum absolute atomic E-state index is 0.104. The van der Waals surface area contributed by atoms with Gasteiger partial charge in [0.15, 0.2) is 17.5 Å². The average molecular weight is 288 g/mol. The molecule has 0 saturated heterocycles. The van der Waals surface area contributed by atoms with E-state index in [1.54, 1.807) is 0 Å². The van der Waals surface area contributed by atoms with Crippen molar-refractivity contribution in [2.75, 3.05) is 7.11 Å². The maximum atomic E-state index is 14.1. The molecule has 2 rings (SSSR count). The Morgan fingerprint density at radius 2 is 1.43 bits per heavy atom. The molecule has 0 unspecified atom stereocenters. The molecule has 104 valence electrons. The molecule has 21 heavy (non-hydrogen) atoms. The summed E-state index contributed by atoms with van der Waals surface area (Å²) in [6.45, 7) is 0. The number of rotatable bonds is 2. The Kier molecular flexibility index (Phi) is 3.82. The molecule has 2 aromatic carbocycles. The molecular weight excluding hydrogens is 281 g/mol. The Bertz CT molecular complexity index is 787. The highest BCUT2D eigenvalue weighted by molar-refractivity contribution is 5.73. The van der Waals surface area contributed by atoms with Crippen molar-refractivity contribution in [3.05, 3.63) is 52.8 Å². The highest BCUT2D eigenvalue weighted by Crippen LogP contribution is 2.33. The molecule has 0 N–H and O–H groups in total. The van der Waals surface area contributed by atoms with E-state index in [1.165, 1.54) is 43.5 Å². The third-order valence-electron chi connectivity index (χ3n) is 2.92. The first-order valence-electron chi connectivity index (χ1n) is 5.70. The van der Waals surface area contributed by atoms with Crippen LogP contribution in [0.3, 0.4) is 0 Å². The predicted octanol–water partition coefficient (Wildman–Crippen LogP) is 3.52. The largest absolute Gasteiger partial charge is 0.497 e. The zero-order valence-corrected chi connectivity index (χ0v) is 10.7. The van der Waals surface area contributed by atoms with Crippen LogP contribution >= 0.6 is 0 Å². The second-order valence-electron chi connectivity index (χ2n) is 4.02. The highest BCUT2D eigenvalue weighted by atomic mass is 19.2. The Labute approximate surface area is 118 Å². The van der Waals surface area contributed by atoms with Crippen molar-refractivity contribution in [3.8, 4) is 29.0 Å². The minimum atomic E-state index is -1.61. The quantitative estimate of drug-likeness (QED) is 0.794. The monoisotopic (exact) mass is 288 g/mol.